The first kappa shape index (κ1) is 12.8. The average Bonchev–Trinajstić information content (AvgIpc) is 2.85. The highest BCUT2D eigenvalue weighted by atomic mass is 15.1. The van der Waals surface area contributed by atoms with E-state index in [1.165, 1.54) is 25.9 Å². The molecule has 18 heavy (non-hydrogen) atoms. The second-order valence-corrected chi connectivity index (χ2v) is 4.85. The Bertz CT molecular complexity index is 424. The molecule has 1 saturated heterocycles. The van der Waals surface area contributed by atoms with Crippen molar-refractivity contribution in [1.29, 1.82) is 5.26 Å². The summed E-state index contributed by atoms with van der Waals surface area (Å²) < 4.78 is 0. The van der Waals surface area contributed by atoms with Crippen LogP contribution in [0.25, 0.3) is 0 Å². The van der Waals surface area contributed by atoms with Crippen molar-refractivity contribution >= 4 is 5.82 Å². The van der Waals surface area contributed by atoms with Crippen LogP contribution in [0.2, 0.25) is 0 Å². The molecule has 4 nitrogen and oxygen atoms in total. The van der Waals surface area contributed by atoms with Crippen LogP contribution in [-0.4, -0.2) is 36.1 Å². The molecule has 0 aliphatic carbocycles. The van der Waals surface area contributed by atoms with E-state index in [4.69, 9.17) is 5.26 Å². The van der Waals surface area contributed by atoms with Crippen molar-refractivity contribution < 1.29 is 0 Å². The SMILES string of the molecule is CCCN1CCC(CNc2ncccc2C#N)C1. The molecule has 0 spiro atoms. The van der Waals surface area contributed by atoms with Gasteiger partial charge in [-0.05, 0) is 44.0 Å². The van der Waals surface area contributed by atoms with Crippen LogP contribution >= 0.6 is 0 Å². The van der Waals surface area contributed by atoms with E-state index >= 15 is 0 Å². The lowest BCUT2D eigenvalue weighted by Crippen LogP contribution is -2.23. The van der Waals surface area contributed by atoms with Crippen molar-refractivity contribution in [3.8, 4) is 6.07 Å². The summed E-state index contributed by atoms with van der Waals surface area (Å²) in [7, 11) is 0. The van der Waals surface area contributed by atoms with Gasteiger partial charge in [0.2, 0.25) is 0 Å². The lowest BCUT2D eigenvalue weighted by Gasteiger charge is -2.15. The fraction of sp³-hybridized carbons (Fsp3) is 0.571. The minimum absolute atomic E-state index is 0.626. The minimum atomic E-state index is 0.626. The van der Waals surface area contributed by atoms with Gasteiger partial charge in [0.1, 0.15) is 11.9 Å². The van der Waals surface area contributed by atoms with Crippen LogP contribution in [-0.2, 0) is 0 Å². The molecule has 1 aliphatic heterocycles. The molecule has 0 saturated carbocycles. The third-order valence-electron chi connectivity index (χ3n) is 3.40. The average molecular weight is 244 g/mol. The van der Waals surface area contributed by atoms with E-state index in [1.54, 1.807) is 18.3 Å². The van der Waals surface area contributed by atoms with Gasteiger partial charge < -0.3 is 10.2 Å². The summed E-state index contributed by atoms with van der Waals surface area (Å²) in [5.41, 5.74) is 0.626. The summed E-state index contributed by atoms with van der Waals surface area (Å²) in [4.78, 5) is 6.73. The molecule has 1 N–H and O–H groups in total. The molecule has 0 amide bonds. The quantitative estimate of drug-likeness (QED) is 0.861. The third-order valence-corrected chi connectivity index (χ3v) is 3.40. The first-order chi connectivity index (χ1) is 8.83. The lowest BCUT2D eigenvalue weighted by molar-refractivity contribution is 0.327. The van der Waals surface area contributed by atoms with Crippen LogP contribution in [0, 0.1) is 17.2 Å². The molecule has 0 bridgehead atoms. The van der Waals surface area contributed by atoms with Gasteiger partial charge in [-0.15, -0.1) is 0 Å². The fourth-order valence-corrected chi connectivity index (χ4v) is 2.48. The number of nitrogens with one attached hydrogen (secondary N) is 1. The predicted molar refractivity (Wildman–Crippen MR) is 72.3 cm³/mol. The molecular weight excluding hydrogens is 224 g/mol. The van der Waals surface area contributed by atoms with Gasteiger partial charge in [0.25, 0.3) is 0 Å². The third kappa shape index (κ3) is 3.21. The number of hydrogen-bond acceptors (Lipinski definition) is 4. The molecule has 1 fully saturated rings. The number of nitrogens with zero attached hydrogens (tertiary/aromatic N) is 3. The molecule has 1 atom stereocenters. The maximum atomic E-state index is 8.98. The van der Waals surface area contributed by atoms with Gasteiger partial charge in [0.05, 0.1) is 5.56 Å². The molecule has 4 heteroatoms. The van der Waals surface area contributed by atoms with Crippen LogP contribution in [0.15, 0.2) is 18.3 Å². The van der Waals surface area contributed by atoms with Crippen molar-refractivity contribution in [2.45, 2.75) is 19.8 Å². The van der Waals surface area contributed by atoms with Gasteiger partial charge in [-0.25, -0.2) is 4.98 Å². The number of rotatable bonds is 5. The second-order valence-electron chi connectivity index (χ2n) is 4.85. The number of hydrogen-bond donors (Lipinski definition) is 1. The van der Waals surface area contributed by atoms with Crippen molar-refractivity contribution in [2.75, 3.05) is 31.5 Å². The van der Waals surface area contributed by atoms with Crippen LogP contribution in [0.4, 0.5) is 5.82 Å². The normalized spacial score (nSPS) is 19.7. The van der Waals surface area contributed by atoms with E-state index in [1.807, 2.05) is 0 Å². The highest BCUT2D eigenvalue weighted by Crippen LogP contribution is 2.18. The van der Waals surface area contributed by atoms with E-state index in [2.05, 4.69) is 28.2 Å². The zero-order valence-corrected chi connectivity index (χ0v) is 10.9. The van der Waals surface area contributed by atoms with Crippen LogP contribution < -0.4 is 5.32 Å². The highest BCUT2D eigenvalue weighted by Gasteiger charge is 2.21. The fourth-order valence-electron chi connectivity index (χ4n) is 2.48. The highest BCUT2D eigenvalue weighted by molar-refractivity contribution is 5.51. The summed E-state index contributed by atoms with van der Waals surface area (Å²) in [5, 5.41) is 12.3. The Kier molecular flexibility index (Phi) is 4.54. The van der Waals surface area contributed by atoms with E-state index < -0.39 is 0 Å². The maximum absolute atomic E-state index is 8.98. The smallest absolute Gasteiger partial charge is 0.143 e. The van der Waals surface area contributed by atoms with Crippen LogP contribution in [0.3, 0.4) is 0 Å². The molecule has 2 heterocycles. The Morgan fingerprint density at radius 3 is 3.28 bits per heavy atom. The standard InChI is InChI=1S/C14H20N4/c1-2-7-18-8-5-12(11-18)10-17-14-13(9-15)4-3-6-16-14/h3-4,6,12H,2,5,7-8,10-11H2,1H3,(H,16,17). The second kappa shape index (κ2) is 6.36. The summed E-state index contributed by atoms with van der Waals surface area (Å²) in [6.45, 7) is 6.69. The molecule has 1 aromatic heterocycles. The molecular formula is C14H20N4. The predicted octanol–water partition coefficient (Wildman–Crippen LogP) is 2.10. The first-order valence-corrected chi connectivity index (χ1v) is 6.64. The van der Waals surface area contributed by atoms with Crippen molar-refractivity contribution in [3.63, 3.8) is 0 Å². The van der Waals surface area contributed by atoms with Gasteiger partial charge >= 0.3 is 0 Å². The molecule has 0 aromatic carbocycles. The lowest BCUT2D eigenvalue weighted by atomic mass is 10.1. The Hall–Kier alpha value is -1.60. The summed E-state index contributed by atoms with van der Waals surface area (Å²) in [6, 6.07) is 5.76. The molecule has 1 unspecified atom stereocenters. The van der Waals surface area contributed by atoms with E-state index in [-0.39, 0.29) is 0 Å². The number of pyridine rings is 1. The summed E-state index contributed by atoms with van der Waals surface area (Å²) in [5.74, 6) is 1.39. The molecule has 0 radical (unpaired) electrons. The summed E-state index contributed by atoms with van der Waals surface area (Å²) >= 11 is 0. The molecule has 1 aromatic rings. The zero-order chi connectivity index (χ0) is 12.8. The summed E-state index contributed by atoms with van der Waals surface area (Å²) in [6.07, 6.45) is 4.18. The molecule has 2 rings (SSSR count). The van der Waals surface area contributed by atoms with Gasteiger partial charge in [0.15, 0.2) is 0 Å². The molecule has 1 aliphatic rings. The zero-order valence-electron chi connectivity index (χ0n) is 10.9. The largest absolute Gasteiger partial charge is 0.369 e. The van der Waals surface area contributed by atoms with Crippen molar-refractivity contribution in [1.82, 2.24) is 9.88 Å². The van der Waals surface area contributed by atoms with Crippen LogP contribution in [0.1, 0.15) is 25.3 Å². The van der Waals surface area contributed by atoms with Crippen molar-refractivity contribution in [3.05, 3.63) is 23.9 Å². The number of likely N-dealkylation sites (tertiary alicyclic amines) is 1. The van der Waals surface area contributed by atoms with Crippen molar-refractivity contribution in [2.24, 2.45) is 5.92 Å². The van der Waals surface area contributed by atoms with Gasteiger partial charge in [-0.3, -0.25) is 0 Å². The van der Waals surface area contributed by atoms with Gasteiger partial charge in [0, 0.05) is 19.3 Å². The van der Waals surface area contributed by atoms with E-state index in [0.717, 1.165) is 13.1 Å². The Balaban J connectivity index is 1.84. The Morgan fingerprint density at radius 1 is 1.61 bits per heavy atom. The number of nitriles is 1. The van der Waals surface area contributed by atoms with Crippen LogP contribution in [0.5, 0.6) is 0 Å². The molecule has 96 valence electrons. The van der Waals surface area contributed by atoms with Gasteiger partial charge in [-0.1, -0.05) is 6.92 Å². The Morgan fingerprint density at radius 2 is 2.50 bits per heavy atom. The number of aromatic nitrogens is 1. The number of anilines is 1. The van der Waals surface area contributed by atoms with E-state index in [0.29, 0.717) is 17.3 Å². The minimum Gasteiger partial charge on any atom is -0.369 e. The first-order valence-electron chi connectivity index (χ1n) is 6.64. The monoisotopic (exact) mass is 244 g/mol. The Labute approximate surface area is 109 Å². The van der Waals surface area contributed by atoms with E-state index in [9.17, 15) is 0 Å². The topological polar surface area (TPSA) is 52.0 Å². The van der Waals surface area contributed by atoms with Gasteiger partial charge in [-0.2, -0.15) is 5.26 Å². The maximum Gasteiger partial charge on any atom is 0.143 e.